The van der Waals surface area contributed by atoms with Crippen molar-refractivity contribution in [2.75, 3.05) is 21.3 Å². The van der Waals surface area contributed by atoms with E-state index in [1.54, 1.807) is 45.6 Å². The van der Waals surface area contributed by atoms with Gasteiger partial charge in [0.25, 0.3) is 5.56 Å². The third-order valence-corrected chi connectivity index (χ3v) is 5.64. The highest BCUT2D eigenvalue weighted by Crippen LogP contribution is 2.38. The maximum Gasteiger partial charge on any atom is 0.291 e. The van der Waals surface area contributed by atoms with Crippen molar-refractivity contribution in [2.45, 2.75) is 6.92 Å². The van der Waals surface area contributed by atoms with Crippen LogP contribution < -0.4 is 24.3 Å². The zero-order valence-electron chi connectivity index (χ0n) is 17.6. The molecular weight excluding hydrogens is 414 g/mol. The quantitative estimate of drug-likeness (QED) is 0.463. The van der Waals surface area contributed by atoms with Crippen molar-refractivity contribution in [1.29, 1.82) is 0 Å². The topological polar surface area (TPSA) is 75.0 Å². The molecule has 31 heavy (non-hydrogen) atoms. The lowest BCUT2D eigenvalue weighted by Gasteiger charge is -2.12. The normalized spacial score (nSPS) is 12.1. The summed E-state index contributed by atoms with van der Waals surface area (Å²) in [6.07, 6.45) is 5.48. The number of aromatic nitrogens is 3. The van der Waals surface area contributed by atoms with Crippen LogP contribution in [0.1, 0.15) is 22.5 Å². The Hall–Kier alpha value is -3.65. The van der Waals surface area contributed by atoms with E-state index < -0.39 is 0 Å². The van der Waals surface area contributed by atoms with Gasteiger partial charge in [0.05, 0.1) is 25.9 Å². The first-order valence-electron chi connectivity index (χ1n) is 9.48. The standard InChI is InChI=1S/C23H21N3O4S/c1-14-5-7-15(8-6-14)9-10-20-24-23-26(25-20)22(27)19(31-23)13-16-11-17(28-2)21(30-4)18(12-16)29-3/h5-13H,1-4H3/b10-9+,19-13-. The molecule has 0 spiro atoms. The van der Waals surface area contributed by atoms with Crippen LogP contribution in [0.3, 0.4) is 0 Å². The van der Waals surface area contributed by atoms with Crippen LogP contribution in [0.15, 0.2) is 41.2 Å². The molecule has 0 aliphatic heterocycles. The maximum absolute atomic E-state index is 12.8. The zero-order valence-corrected chi connectivity index (χ0v) is 18.4. The Balaban J connectivity index is 1.69. The molecule has 0 fully saturated rings. The Morgan fingerprint density at radius 2 is 1.61 bits per heavy atom. The number of ether oxygens (including phenoxy) is 3. The van der Waals surface area contributed by atoms with E-state index in [0.717, 1.165) is 11.1 Å². The van der Waals surface area contributed by atoms with Crippen molar-refractivity contribution in [3.63, 3.8) is 0 Å². The molecule has 2 aromatic heterocycles. The summed E-state index contributed by atoms with van der Waals surface area (Å²) in [7, 11) is 4.65. The largest absolute Gasteiger partial charge is 0.493 e. The highest BCUT2D eigenvalue weighted by Gasteiger charge is 2.13. The summed E-state index contributed by atoms with van der Waals surface area (Å²) in [5.74, 6) is 2.02. The van der Waals surface area contributed by atoms with Gasteiger partial charge in [-0.2, -0.15) is 9.50 Å². The minimum absolute atomic E-state index is 0.226. The van der Waals surface area contributed by atoms with Crippen molar-refractivity contribution >= 4 is 34.5 Å². The van der Waals surface area contributed by atoms with Crippen molar-refractivity contribution in [3.8, 4) is 17.2 Å². The molecule has 0 atom stereocenters. The molecular formula is C23H21N3O4S. The van der Waals surface area contributed by atoms with Gasteiger partial charge < -0.3 is 14.2 Å². The Bertz CT molecular complexity index is 1350. The summed E-state index contributed by atoms with van der Waals surface area (Å²) in [6, 6.07) is 11.7. The summed E-state index contributed by atoms with van der Waals surface area (Å²) < 4.78 is 17.9. The van der Waals surface area contributed by atoms with Crippen molar-refractivity contribution in [1.82, 2.24) is 14.6 Å². The van der Waals surface area contributed by atoms with Crippen molar-refractivity contribution in [2.24, 2.45) is 0 Å². The molecule has 0 bridgehead atoms. The van der Waals surface area contributed by atoms with Crippen LogP contribution >= 0.6 is 11.3 Å². The first-order chi connectivity index (χ1) is 15.0. The lowest BCUT2D eigenvalue weighted by molar-refractivity contribution is 0.324. The fourth-order valence-electron chi connectivity index (χ4n) is 3.10. The van der Waals surface area contributed by atoms with E-state index in [4.69, 9.17) is 14.2 Å². The second-order valence-electron chi connectivity index (χ2n) is 6.78. The predicted octanol–water partition coefficient (Wildman–Crippen LogP) is 3.20. The molecule has 7 nitrogen and oxygen atoms in total. The number of fused-ring (bicyclic) bond motifs is 1. The number of aryl methyl sites for hydroxylation is 1. The third-order valence-electron chi connectivity index (χ3n) is 4.69. The number of rotatable bonds is 6. The first-order valence-corrected chi connectivity index (χ1v) is 10.3. The van der Waals surface area contributed by atoms with Gasteiger partial charge in [-0.3, -0.25) is 4.79 Å². The Morgan fingerprint density at radius 3 is 2.19 bits per heavy atom. The van der Waals surface area contributed by atoms with E-state index in [1.807, 2.05) is 37.3 Å². The lowest BCUT2D eigenvalue weighted by Crippen LogP contribution is -2.23. The fourth-order valence-corrected chi connectivity index (χ4v) is 4.02. The molecule has 0 aliphatic carbocycles. The molecule has 0 saturated carbocycles. The van der Waals surface area contributed by atoms with Crippen LogP contribution in [0.2, 0.25) is 0 Å². The molecule has 0 N–H and O–H groups in total. The minimum Gasteiger partial charge on any atom is -0.493 e. The number of hydrogen-bond donors (Lipinski definition) is 0. The molecule has 0 aliphatic rings. The van der Waals surface area contributed by atoms with E-state index >= 15 is 0 Å². The van der Waals surface area contributed by atoms with Crippen LogP contribution in [0.4, 0.5) is 0 Å². The van der Waals surface area contributed by atoms with Gasteiger partial charge in [0.1, 0.15) is 0 Å². The van der Waals surface area contributed by atoms with Crippen LogP contribution in [0.5, 0.6) is 17.2 Å². The predicted molar refractivity (Wildman–Crippen MR) is 122 cm³/mol. The maximum atomic E-state index is 12.8. The van der Waals surface area contributed by atoms with Crippen LogP contribution in [0.25, 0.3) is 23.2 Å². The molecule has 0 saturated heterocycles. The van der Waals surface area contributed by atoms with Gasteiger partial charge in [0.15, 0.2) is 17.3 Å². The van der Waals surface area contributed by atoms with Gasteiger partial charge in [-0.1, -0.05) is 47.2 Å². The van der Waals surface area contributed by atoms with E-state index in [1.165, 1.54) is 21.4 Å². The van der Waals surface area contributed by atoms with Gasteiger partial charge in [-0.05, 0) is 42.3 Å². The van der Waals surface area contributed by atoms with Crippen LogP contribution in [0, 0.1) is 6.92 Å². The molecule has 0 radical (unpaired) electrons. The number of thiazole rings is 1. The molecule has 0 amide bonds. The Kier molecular flexibility index (Phi) is 5.73. The average molecular weight is 436 g/mol. The highest BCUT2D eigenvalue weighted by molar-refractivity contribution is 7.15. The molecule has 158 valence electrons. The van der Waals surface area contributed by atoms with E-state index in [9.17, 15) is 4.79 Å². The van der Waals surface area contributed by atoms with Gasteiger partial charge in [0, 0.05) is 0 Å². The molecule has 4 rings (SSSR count). The number of benzene rings is 2. The summed E-state index contributed by atoms with van der Waals surface area (Å²) in [5.41, 5.74) is 2.76. The van der Waals surface area contributed by atoms with E-state index in [-0.39, 0.29) is 5.56 Å². The molecule has 8 heteroatoms. The van der Waals surface area contributed by atoms with Gasteiger partial charge >= 0.3 is 0 Å². The first kappa shape index (κ1) is 20.6. The molecule has 4 aromatic rings. The monoisotopic (exact) mass is 435 g/mol. The summed E-state index contributed by atoms with van der Waals surface area (Å²) >= 11 is 1.27. The zero-order chi connectivity index (χ0) is 22.0. The van der Waals surface area contributed by atoms with Crippen molar-refractivity contribution in [3.05, 3.63) is 73.8 Å². The second kappa shape index (κ2) is 8.61. The Morgan fingerprint density at radius 1 is 0.935 bits per heavy atom. The fraction of sp³-hybridized carbons (Fsp3) is 0.174. The lowest BCUT2D eigenvalue weighted by atomic mass is 10.1. The summed E-state index contributed by atoms with van der Waals surface area (Å²) in [5, 5.41) is 4.33. The summed E-state index contributed by atoms with van der Waals surface area (Å²) in [4.78, 5) is 17.8. The minimum atomic E-state index is -0.226. The number of methoxy groups -OCH3 is 3. The van der Waals surface area contributed by atoms with E-state index in [2.05, 4.69) is 10.1 Å². The SMILES string of the molecule is COc1cc(/C=c2\sc3nc(/C=C/c4ccc(C)cc4)nn3c2=O)cc(OC)c1OC. The van der Waals surface area contributed by atoms with Gasteiger partial charge in [-0.15, -0.1) is 5.10 Å². The Labute approximate surface area is 182 Å². The number of nitrogens with zero attached hydrogens (tertiary/aromatic N) is 3. The summed E-state index contributed by atoms with van der Waals surface area (Å²) in [6.45, 7) is 2.04. The average Bonchev–Trinajstić information content (AvgIpc) is 3.31. The molecule has 2 aromatic carbocycles. The van der Waals surface area contributed by atoms with Crippen LogP contribution in [-0.2, 0) is 0 Å². The van der Waals surface area contributed by atoms with Gasteiger partial charge in [0.2, 0.25) is 10.7 Å². The van der Waals surface area contributed by atoms with Crippen molar-refractivity contribution < 1.29 is 14.2 Å². The third kappa shape index (κ3) is 4.15. The van der Waals surface area contributed by atoms with E-state index in [0.29, 0.717) is 32.6 Å². The highest BCUT2D eigenvalue weighted by atomic mass is 32.1. The second-order valence-corrected chi connectivity index (χ2v) is 7.79. The smallest absolute Gasteiger partial charge is 0.291 e. The molecule has 0 unspecified atom stereocenters. The number of hydrogen-bond acceptors (Lipinski definition) is 7. The van der Waals surface area contributed by atoms with Crippen LogP contribution in [-0.4, -0.2) is 35.9 Å². The molecule has 2 heterocycles. The van der Waals surface area contributed by atoms with Gasteiger partial charge in [-0.25, -0.2) is 0 Å².